The predicted molar refractivity (Wildman–Crippen MR) is 404 cm³/mol. The lowest BCUT2D eigenvalue weighted by molar-refractivity contribution is -0.372. The van der Waals surface area contributed by atoms with Crippen LogP contribution in [0.1, 0.15) is 86.1 Å². The zero-order valence-corrected chi connectivity index (χ0v) is 62.1. The van der Waals surface area contributed by atoms with E-state index in [9.17, 15) is 10.6 Å². The summed E-state index contributed by atoms with van der Waals surface area (Å²) in [5, 5.41) is 17.8. The van der Waals surface area contributed by atoms with Crippen LogP contribution in [0.25, 0.3) is 10.4 Å². The first-order chi connectivity index (χ1) is 51.4. The second-order valence-electron chi connectivity index (χ2n) is 28.0. The number of aliphatic hydroxyl groups excluding tert-OH is 1. The quantitative estimate of drug-likeness (QED) is 0.0125. The lowest BCUT2D eigenvalue weighted by atomic mass is 9.83. The van der Waals surface area contributed by atoms with E-state index in [4.69, 9.17) is 66.0 Å². The summed E-state index contributed by atoms with van der Waals surface area (Å²) in [6.45, 7) is 18.6. The largest absolute Gasteiger partial charge is 0.413 e. The van der Waals surface area contributed by atoms with Gasteiger partial charge in [-0.1, -0.05) is 295 Å². The minimum atomic E-state index is -2.63. The van der Waals surface area contributed by atoms with Gasteiger partial charge in [0.1, 0.15) is 85.4 Å². The van der Waals surface area contributed by atoms with Crippen molar-refractivity contribution in [2.24, 2.45) is 5.11 Å². The molecule has 105 heavy (non-hydrogen) atoms. The molecule has 19 heteroatoms. The Morgan fingerprint density at radius 1 is 0.381 bits per heavy atom. The molecule has 8 aromatic rings. The van der Waals surface area contributed by atoms with E-state index in [0.29, 0.717) is 0 Å². The van der Waals surface area contributed by atoms with E-state index in [1.807, 2.05) is 243 Å². The number of benzene rings is 8. The fourth-order valence-electron chi connectivity index (χ4n) is 14.9. The Bertz CT molecular complexity index is 3780. The normalized spacial score (nSPS) is 25.6. The van der Waals surface area contributed by atoms with Crippen molar-refractivity contribution < 1.29 is 71.1 Å². The van der Waals surface area contributed by atoms with Gasteiger partial charge in [0.15, 0.2) is 20.9 Å². The molecule has 556 valence electrons. The van der Waals surface area contributed by atoms with Crippen molar-refractivity contribution in [3.63, 3.8) is 0 Å². The minimum Gasteiger partial charge on any atom is -0.413 e. The number of hydrogen-bond donors (Lipinski definition) is 1. The highest BCUT2D eigenvalue weighted by Crippen LogP contribution is 2.45. The average molecular weight is 1450 g/mol. The van der Waals surface area contributed by atoms with Gasteiger partial charge in [-0.05, 0) is 66.7 Å². The van der Waals surface area contributed by atoms with Gasteiger partial charge in [0, 0.05) is 4.91 Å². The van der Waals surface area contributed by atoms with Gasteiger partial charge in [0.25, 0.3) is 0 Å². The number of hydrogen-bond acceptors (Lipinski definition) is 16. The van der Waals surface area contributed by atoms with Gasteiger partial charge in [0.05, 0.1) is 72.7 Å². The van der Waals surface area contributed by atoms with E-state index in [2.05, 4.69) is 58.1 Å². The van der Waals surface area contributed by atoms with Crippen LogP contribution in [0.4, 0.5) is 0 Å². The first kappa shape index (κ1) is 78.5. The molecule has 0 aromatic heterocycles. The topological polar surface area (TPSA) is 198 Å². The highest BCUT2D eigenvalue weighted by molar-refractivity contribution is 6.77. The fraction of sp³-hybridized carbons (Fsp3) is 0.419. The van der Waals surface area contributed by atoms with Crippen LogP contribution in [0.5, 0.6) is 0 Å². The third-order valence-electron chi connectivity index (χ3n) is 19.9. The molecule has 11 rings (SSSR count). The molecule has 3 fully saturated rings. The Kier molecular flexibility index (Phi) is 30.2. The molecule has 8 aromatic carbocycles. The lowest BCUT2D eigenvalue weighted by Gasteiger charge is -2.52. The molecule has 0 unspecified atom stereocenters. The molecule has 2 heterocycles. The molecule has 18 nitrogen and oxygen atoms in total. The van der Waals surface area contributed by atoms with Crippen LogP contribution in [-0.2, 0) is 119 Å². The monoisotopic (exact) mass is 1450 g/mol. The molecule has 16 atom stereocenters. The van der Waals surface area contributed by atoms with Crippen molar-refractivity contribution in [2.75, 3.05) is 19.8 Å². The van der Waals surface area contributed by atoms with Crippen LogP contribution in [0.15, 0.2) is 260 Å². The van der Waals surface area contributed by atoms with Gasteiger partial charge >= 0.3 is 0 Å². The van der Waals surface area contributed by atoms with Crippen molar-refractivity contribution in [1.82, 2.24) is 0 Å². The zero-order valence-electron chi connectivity index (χ0n) is 61.1. The first-order valence-electron chi connectivity index (χ1n) is 36.8. The Morgan fingerprint density at radius 2 is 0.686 bits per heavy atom. The molecular formula is C86H103N3O15Si. The van der Waals surface area contributed by atoms with Crippen molar-refractivity contribution in [1.29, 1.82) is 0 Å². The fourth-order valence-corrected chi connectivity index (χ4v) is 20.3. The lowest BCUT2D eigenvalue weighted by Crippen LogP contribution is -2.69. The molecule has 1 N–H and O–H groups in total. The van der Waals surface area contributed by atoms with E-state index in [1.54, 1.807) is 6.08 Å². The molecule has 1 aliphatic carbocycles. The molecule has 2 aliphatic heterocycles. The molecule has 3 aliphatic rings. The molecule has 0 radical (unpaired) electrons. The van der Waals surface area contributed by atoms with Crippen molar-refractivity contribution in [3.05, 3.63) is 310 Å². The summed E-state index contributed by atoms with van der Waals surface area (Å²) in [6, 6.07) is 77.4. The molecule has 1 saturated carbocycles. The van der Waals surface area contributed by atoms with Crippen LogP contribution >= 0.6 is 0 Å². The van der Waals surface area contributed by atoms with Crippen molar-refractivity contribution in [2.45, 2.75) is 209 Å². The van der Waals surface area contributed by atoms with Gasteiger partial charge in [-0.25, -0.2) is 0 Å². The molecule has 0 amide bonds. The SMILES string of the molecule is C=CCO[C@H]1[C@@H](O)[C@@H](OCc2ccccc2)[C@H](OCc2ccccc2)[C@@H](OCc2ccccc2)[C@@H]1O[C@H]1O[C@H](COCc2ccccc2)[C@@H](O[C@H]2O[C@H](CO[Si](C(C)C)(C(C)C)C(C)C)[C@@H](OCc3ccccc3)[C@H](OCc3ccccc3)[C@@H]2OCc2ccccc2)[C@H](OCc2ccccc2)[C@H]1N=[N+]=[N-]. The smallest absolute Gasteiger partial charge is 0.200 e. The summed E-state index contributed by atoms with van der Waals surface area (Å²) >= 11 is 0. The summed E-state index contributed by atoms with van der Waals surface area (Å²) in [5.74, 6) is 0. The summed E-state index contributed by atoms with van der Waals surface area (Å²) < 4.78 is 102. The third-order valence-corrected chi connectivity index (χ3v) is 26.0. The van der Waals surface area contributed by atoms with Crippen LogP contribution in [-0.4, -0.2) is 131 Å². The number of rotatable bonds is 39. The zero-order chi connectivity index (χ0) is 73.2. The average Bonchev–Trinajstić information content (AvgIpc) is 0.763. The second kappa shape index (κ2) is 40.4. The standard InChI is InChI=1S/C86H103N3O15Si/c1-8-49-92-79-74(90)78(95-53-66-39-23-12-24-40-66)81(97-55-68-43-27-14-28-44-68)82(98-56-69-45-29-15-30-46-69)83(79)104-85-73(88-89-87)77(94-52-65-37-21-11-22-38-65)76(71(101-85)58-91-50-63-33-17-9-18-34-63)103-86-84(99-57-70-47-31-16-32-48-70)80(96-54-67-41-25-13-26-42-67)75(93-51-64-35-19-10-20-36-64)72(102-86)59-100-105(60(2)3,61(4)5)62(6)7/h8-48,60-62,71-86,90H,1,49-59H2,2-7H3/t71-,72-,73-,74+,75-,76-,77-,78-,79+,80+,81+,82-,83-,84+,85-,86-/m1/s1. The Hall–Kier alpha value is -7.57. The Morgan fingerprint density at radius 3 is 1.07 bits per heavy atom. The molecule has 0 bridgehead atoms. The van der Waals surface area contributed by atoms with Gasteiger partial charge < -0.3 is 71.1 Å². The second-order valence-corrected chi connectivity index (χ2v) is 33.5. The maximum absolute atomic E-state index is 13.2. The van der Waals surface area contributed by atoms with Crippen LogP contribution < -0.4 is 0 Å². The third kappa shape index (κ3) is 21.4. The minimum absolute atomic E-state index is 0.0133. The number of nitrogens with zero attached hydrogens (tertiary/aromatic N) is 3. The van der Waals surface area contributed by atoms with Crippen LogP contribution in [0.2, 0.25) is 16.6 Å². The number of aliphatic hydroxyl groups is 1. The van der Waals surface area contributed by atoms with Gasteiger partial charge in [-0.15, -0.1) is 6.58 Å². The molecular weight excluding hydrogens is 1340 g/mol. The maximum Gasteiger partial charge on any atom is 0.200 e. The van der Waals surface area contributed by atoms with Crippen molar-refractivity contribution >= 4 is 8.32 Å². The van der Waals surface area contributed by atoms with Gasteiger partial charge in [-0.2, -0.15) is 0 Å². The van der Waals surface area contributed by atoms with E-state index >= 15 is 0 Å². The predicted octanol–water partition coefficient (Wildman–Crippen LogP) is 16.3. The summed E-state index contributed by atoms with van der Waals surface area (Å²) in [6.07, 6.45) is -15.4. The van der Waals surface area contributed by atoms with E-state index in [1.165, 1.54) is 0 Å². The van der Waals surface area contributed by atoms with E-state index in [0.717, 1.165) is 44.5 Å². The summed E-state index contributed by atoms with van der Waals surface area (Å²) in [4.78, 5) is 3.56. The summed E-state index contributed by atoms with van der Waals surface area (Å²) in [5.41, 5.74) is 18.9. The first-order valence-corrected chi connectivity index (χ1v) is 39.0. The van der Waals surface area contributed by atoms with Gasteiger partial charge in [-0.3, -0.25) is 0 Å². The molecule has 0 spiro atoms. The highest BCUT2D eigenvalue weighted by atomic mass is 28.4. The highest BCUT2D eigenvalue weighted by Gasteiger charge is 2.59. The van der Waals surface area contributed by atoms with Crippen LogP contribution in [0, 0.1) is 0 Å². The number of azide groups is 1. The van der Waals surface area contributed by atoms with Crippen LogP contribution in [0.3, 0.4) is 0 Å². The maximum atomic E-state index is 13.2. The van der Waals surface area contributed by atoms with Gasteiger partial charge in [0.2, 0.25) is 0 Å². The van der Waals surface area contributed by atoms with E-state index in [-0.39, 0.29) is 89.3 Å². The van der Waals surface area contributed by atoms with E-state index < -0.39 is 106 Å². The molecule has 2 saturated heterocycles. The summed E-state index contributed by atoms with van der Waals surface area (Å²) in [7, 11) is -2.63. The van der Waals surface area contributed by atoms with Crippen molar-refractivity contribution in [3.8, 4) is 0 Å². The Balaban J connectivity index is 1.05. The Labute approximate surface area is 620 Å². The number of ether oxygens (including phenoxy) is 13.